The maximum atomic E-state index is 12.1. The van der Waals surface area contributed by atoms with E-state index in [4.69, 9.17) is 9.47 Å². The number of aryl methyl sites for hydroxylation is 1. The zero-order chi connectivity index (χ0) is 19.6. The molecule has 0 fully saturated rings. The number of carbonyl (C=O) groups excluding carboxylic acids is 1. The minimum Gasteiger partial charge on any atom is -0.493 e. The Bertz CT molecular complexity index is 764. The van der Waals surface area contributed by atoms with E-state index in [9.17, 15) is 4.79 Å². The maximum absolute atomic E-state index is 12.1. The first-order chi connectivity index (χ1) is 13.0. The molecular weight excluding hydrogens is 338 g/mol. The Morgan fingerprint density at radius 1 is 1.11 bits per heavy atom. The van der Waals surface area contributed by atoms with Gasteiger partial charge in [0.05, 0.1) is 13.7 Å². The predicted molar refractivity (Wildman–Crippen MR) is 111 cm³/mol. The summed E-state index contributed by atoms with van der Waals surface area (Å²) in [6.45, 7) is 7.09. The summed E-state index contributed by atoms with van der Waals surface area (Å²) in [7, 11) is 1.62. The molecule has 0 aliphatic carbocycles. The van der Waals surface area contributed by atoms with Gasteiger partial charge in [-0.1, -0.05) is 39.0 Å². The first-order valence-electron chi connectivity index (χ1n) is 9.40. The van der Waals surface area contributed by atoms with Crippen molar-refractivity contribution in [2.45, 2.75) is 33.6 Å². The number of ether oxygens (including phenoxy) is 2. The topological polar surface area (TPSA) is 47.6 Å². The Balaban J connectivity index is 1.97. The molecule has 1 amide bonds. The fraction of sp³-hybridized carbons (Fsp3) is 0.348. The van der Waals surface area contributed by atoms with Crippen LogP contribution in [0.15, 0.2) is 48.5 Å². The molecular formula is C23H29NO3. The van der Waals surface area contributed by atoms with Gasteiger partial charge in [0.15, 0.2) is 11.5 Å². The van der Waals surface area contributed by atoms with Crippen LogP contribution < -0.4 is 14.8 Å². The lowest BCUT2D eigenvalue weighted by molar-refractivity contribution is -0.111. The number of nitrogens with one attached hydrogen (secondary N) is 1. The number of carbonyl (C=O) groups is 1. The number of amides is 1. The zero-order valence-corrected chi connectivity index (χ0v) is 16.6. The Morgan fingerprint density at radius 2 is 1.85 bits per heavy atom. The molecule has 0 atom stereocenters. The molecule has 4 nitrogen and oxygen atoms in total. The van der Waals surface area contributed by atoms with Crippen LogP contribution in [0.5, 0.6) is 11.5 Å². The number of hydrogen-bond donors (Lipinski definition) is 1. The summed E-state index contributed by atoms with van der Waals surface area (Å²) in [5, 5.41) is 2.86. The Labute approximate surface area is 162 Å². The largest absolute Gasteiger partial charge is 0.493 e. The first kappa shape index (κ1) is 20.6. The standard InChI is InChI=1S/C23H29NO3/c1-5-18-6-10-20(11-7-18)24-23(25)13-9-19-8-12-21(22(16-19)26-4)27-15-14-17(2)3/h6-13,16-17H,5,14-15H2,1-4H3,(H,24,25)/b13-9+. The number of anilines is 1. The molecule has 1 N–H and O–H groups in total. The van der Waals surface area contributed by atoms with Crippen molar-refractivity contribution in [2.75, 3.05) is 19.0 Å². The minimum atomic E-state index is -0.171. The van der Waals surface area contributed by atoms with E-state index in [2.05, 4.69) is 26.1 Å². The molecule has 2 aromatic carbocycles. The molecule has 0 aliphatic rings. The maximum Gasteiger partial charge on any atom is 0.248 e. The highest BCUT2D eigenvalue weighted by atomic mass is 16.5. The Morgan fingerprint density at radius 3 is 2.48 bits per heavy atom. The predicted octanol–water partition coefficient (Wildman–Crippen LogP) is 5.33. The second-order valence-electron chi connectivity index (χ2n) is 6.81. The van der Waals surface area contributed by atoms with Crippen LogP contribution in [0.2, 0.25) is 0 Å². The van der Waals surface area contributed by atoms with Crippen LogP contribution in [0.25, 0.3) is 6.08 Å². The summed E-state index contributed by atoms with van der Waals surface area (Å²) in [6, 6.07) is 13.5. The quantitative estimate of drug-likeness (QED) is 0.609. The van der Waals surface area contributed by atoms with E-state index in [1.807, 2.05) is 42.5 Å². The van der Waals surface area contributed by atoms with Crippen LogP contribution >= 0.6 is 0 Å². The van der Waals surface area contributed by atoms with Crippen molar-refractivity contribution in [2.24, 2.45) is 5.92 Å². The van der Waals surface area contributed by atoms with Crippen molar-refractivity contribution < 1.29 is 14.3 Å². The van der Waals surface area contributed by atoms with E-state index in [-0.39, 0.29) is 5.91 Å². The third-order valence-corrected chi connectivity index (χ3v) is 4.20. The van der Waals surface area contributed by atoms with Crippen LogP contribution in [0.4, 0.5) is 5.69 Å². The highest BCUT2D eigenvalue weighted by Gasteiger charge is 2.06. The highest BCUT2D eigenvalue weighted by Crippen LogP contribution is 2.29. The van der Waals surface area contributed by atoms with E-state index >= 15 is 0 Å². The van der Waals surface area contributed by atoms with Gasteiger partial charge in [-0.15, -0.1) is 0 Å². The molecule has 0 radical (unpaired) electrons. The fourth-order valence-corrected chi connectivity index (χ4v) is 2.49. The van der Waals surface area contributed by atoms with Gasteiger partial charge < -0.3 is 14.8 Å². The average Bonchev–Trinajstić information content (AvgIpc) is 2.67. The fourth-order valence-electron chi connectivity index (χ4n) is 2.49. The smallest absolute Gasteiger partial charge is 0.248 e. The molecule has 0 saturated carbocycles. The third kappa shape index (κ3) is 6.81. The monoisotopic (exact) mass is 367 g/mol. The lowest BCUT2D eigenvalue weighted by Gasteiger charge is -2.12. The second kappa shape index (κ2) is 10.4. The van der Waals surface area contributed by atoms with Crippen molar-refractivity contribution >= 4 is 17.7 Å². The molecule has 0 saturated heterocycles. The molecule has 27 heavy (non-hydrogen) atoms. The molecule has 4 heteroatoms. The average molecular weight is 367 g/mol. The summed E-state index contributed by atoms with van der Waals surface area (Å²) in [5.74, 6) is 1.80. The zero-order valence-electron chi connectivity index (χ0n) is 16.6. The molecule has 2 rings (SSSR count). The summed E-state index contributed by atoms with van der Waals surface area (Å²) in [4.78, 5) is 12.1. The number of rotatable bonds is 9. The number of hydrogen-bond acceptors (Lipinski definition) is 3. The normalized spacial score (nSPS) is 11.0. The molecule has 0 spiro atoms. The number of benzene rings is 2. The van der Waals surface area contributed by atoms with Gasteiger partial charge in [-0.2, -0.15) is 0 Å². The van der Waals surface area contributed by atoms with Gasteiger partial charge >= 0.3 is 0 Å². The lowest BCUT2D eigenvalue weighted by Crippen LogP contribution is -2.07. The van der Waals surface area contributed by atoms with Gasteiger partial charge in [-0.25, -0.2) is 0 Å². The van der Waals surface area contributed by atoms with Crippen LogP contribution in [0.1, 0.15) is 38.3 Å². The van der Waals surface area contributed by atoms with E-state index in [1.54, 1.807) is 13.2 Å². The Hall–Kier alpha value is -2.75. The van der Waals surface area contributed by atoms with E-state index in [0.29, 0.717) is 18.3 Å². The molecule has 144 valence electrons. The van der Waals surface area contributed by atoms with Gasteiger partial charge in [0.25, 0.3) is 0 Å². The van der Waals surface area contributed by atoms with Crippen molar-refractivity contribution in [3.63, 3.8) is 0 Å². The molecule has 2 aromatic rings. The second-order valence-corrected chi connectivity index (χ2v) is 6.81. The number of methoxy groups -OCH3 is 1. The molecule has 0 aliphatic heterocycles. The lowest BCUT2D eigenvalue weighted by atomic mass is 10.1. The van der Waals surface area contributed by atoms with Crippen molar-refractivity contribution in [3.8, 4) is 11.5 Å². The van der Waals surface area contributed by atoms with E-state index < -0.39 is 0 Å². The van der Waals surface area contributed by atoms with Crippen molar-refractivity contribution in [1.82, 2.24) is 0 Å². The van der Waals surface area contributed by atoms with Crippen molar-refractivity contribution in [1.29, 1.82) is 0 Å². The van der Waals surface area contributed by atoms with Gasteiger partial charge in [-0.05, 0) is 60.2 Å². The molecule has 0 aromatic heterocycles. The van der Waals surface area contributed by atoms with E-state index in [1.165, 1.54) is 11.6 Å². The third-order valence-electron chi connectivity index (χ3n) is 4.20. The summed E-state index contributed by atoms with van der Waals surface area (Å²) >= 11 is 0. The molecule has 0 unspecified atom stereocenters. The Kier molecular flexibility index (Phi) is 7.93. The summed E-state index contributed by atoms with van der Waals surface area (Å²) < 4.78 is 11.2. The van der Waals surface area contributed by atoms with Crippen LogP contribution in [-0.4, -0.2) is 19.6 Å². The molecule has 0 bridgehead atoms. The van der Waals surface area contributed by atoms with Gasteiger partial charge in [0.2, 0.25) is 5.91 Å². The van der Waals surface area contributed by atoms with E-state index in [0.717, 1.165) is 29.8 Å². The summed E-state index contributed by atoms with van der Waals surface area (Å²) in [5.41, 5.74) is 2.90. The van der Waals surface area contributed by atoms with Crippen LogP contribution in [0.3, 0.4) is 0 Å². The van der Waals surface area contributed by atoms with Gasteiger partial charge in [-0.3, -0.25) is 4.79 Å². The highest BCUT2D eigenvalue weighted by molar-refractivity contribution is 6.01. The first-order valence-corrected chi connectivity index (χ1v) is 9.40. The van der Waals surface area contributed by atoms with Crippen molar-refractivity contribution in [3.05, 3.63) is 59.7 Å². The minimum absolute atomic E-state index is 0.171. The molecule has 0 heterocycles. The SMILES string of the molecule is CCc1ccc(NC(=O)/C=C/c2ccc(OCCC(C)C)c(OC)c2)cc1. The summed E-state index contributed by atoms with van der Waals surface area (Å²) in [6.07, 6.45) is 5.25. The van der Waals surface area contributed by atoms with Crippen LogP contribution in [0, 0.1) is 5.92 Å². The van der Waals surface area contributed by atoms with Gasteiger partial charge in [0.1, 0.15) is 0 Å². The van der Waals surface area contributed by atoms with Gasteiger partial charge in [0, 0.05) is 11.8 Å². The van der Waals surface area contributed by atoms with Crippen LogP contribution in [-0.2, 0) is 11.2 Å².